The zero-order chi connectivity index (χ0) is 22.9. The van der Waals surface area contributed by atoms with E-state index in [1.54, 1.807) is 11.6 Å². The number of nitrogens with zero attached hydrogens (tertiary/aromatic N) is 6. The van der Waals surface area contributed by atoms with Gasteiger partial charge in [-0.1, -0.05) is 18.2 Å². The number of carbonyl (C=O) groups is 2. The van der Waals surface area contributed by atoms with Crippen LogP contribution in [0.5, 0.6) is 0 Å². The Morgan fingerprint density at radius 1 is 0.909 bits per heavy atom. The van der Waals surface area contributed by atoms with E-state index in [4.69, 9.17) is 0 Å². The number of amides is 2. The highest BCUT2D eigenvalue weighted by molar-refractivity contribution is 5.81. The van der Waals surface area contributed by atoms with Crippen LogP contribution in [-0.2, 0) is 23.2 Å². The number of carbonyl (C=O) groups excluding carboxylic acids is 2. The highest BCUT2D eigenvalue weighted by Crippen LogP contribution is 2.33. The number of hydrogen-bond donors (Lipinski definition) is 0. The van der Waals surface area contributed by atoms with E-state index in [2.05, 4.69) is 22.1 Å². The number of rotatable bonds is 5. The Morgan fingerprint density at radius 3 is 2.21 bits per heavy atom. The molecule has 0 spiro atoms. The molecule has 2 aromatic rings. The van der Waals surface area contributed by atoms with Crippen molar-refractivity contribution in [2.45, 2.75) is 38.1 Å². The van der Waals surface area contributed by atoms with Gasteiger partial charge in [0.2, 0.25) is 11.8 Å². The number of piperidine rings is 1. The summed E-state index contributed by atoms with van der Waals surface area (Å²) >= 11 is 0. The standard InChI is InChI=1S/C24H32N6O3/c1-26-22(18-9-11-29(12-10-18)23(32)19-7-8-19)25-30(24(26)33)17-21(31)28-15-13-27(14-16-28)20-5-3-2-4-6-20/h2-6,18-19H,7-17H2,1H3. The Balaban J connectivity index is 1.18. The molecule has 9 nitrogen and oxygen atoms in total. The molecular weight excluding hydrogens is 420 g/mol. The van der Waals surface area contributed by atoms with Crippen molar-refractivity contribution in [1.82, 2.24) is 24.1 Å². The van der Waals surface area contributed by atoms with Crippen LogP contribution in [0.1, 0.15) is 37.4 Å². The Bertz CT molecular complexity index is 1060. The molecule has 2 amide bonds. The molecule has 5 rings (SSSR count). The van der Waals surface area contributed by atoms with Crippen molar-refractivity contribution in [2.75, 3.05) is 44.2 Å². The molecular formula is C24H32N6O3. The lowest BCUT2D eigenvalue weighted by molar-refractivity contribution is -0.134. The molecule has 0 radical (unpaired) electrons. The summed E-state index contributed by atoms with van der Waals surface area (Å²) in [6.07, 6.45) is 3.65. The molecule has 0 bridgehead atoms. The maximum atomic E-state index is 12.9. The lowest BCUT2D eigenvalue weighted by Gasteiger charge is -2.36. The largest absolute Gasteiger partial charge is 0.368 e. The van der Waals surface area contributed by atoms with Crippen LogP contribution < -0.4 is 10.6 Å². The van der Waals surface area contributed by atoms with E-state index in [0.29, 0.717) is 26.2 Å². The zero-order valence-corrected chi connectivity index (χ0v) is 19.2. The van der Waals surface area contributed by atoms with Crippen LogP contribution in [0, 0.1) is 5.92 Å². The summed E-state index contributed by atoms with van der Waals surface area (Å²) in [5.41, 5.74) is 0.915. The molecule has 9 heteroatoms. The van der Waals surface area contributed by atoms with E-state index in [1.807, 2.05) is 28.0 Å². The van der Waals surface area contributed by atoms with Crippen molar-refractivity contribution in [3.8, 4) is 0 Å². The Labute approximate surface area is 193 Å². The number of anilines is 1. The molecule has 2 saturated heterocycles. The van der Waals surface area contributed by atoms with E-state index in [1.165, 1.54) is 10.4 Å². The quantitative estimate of drug-likeness (QED) is 0.677. The Morgan fingerprint density at radius 2 is 1.58 bits per heavy atom. The first kappa shape index (κ1) is 21.7. The lowest BCUT2D eigenvalue weighted by Crippen LogP contribution is -2.50. The summed E-state index contributed by atoms with van der Waals surface area (Å²) in [5.74, 6) is 1.31. The van der Waals surface area contributed by atoms with Gasteiger partial charge >= 0.3 is 5.69 Å². The predicted molar refractivity (Wildman–Crippen MR) is 124 cm³/mol. The third-order valence-corrected chi connectivity index (χ3v) is 7.21. The topological polar surface area (TPSA) is 83.7 Å². The molecule has 3 heterocycles. The van der Waals surface area contributed by atoms with Crippen LogP contribution in [0.15, 0.2) is 35.1 Å². The van der Waals surface area contributed by atoms with Crippen molar-refractivity contribution < 1.29 is 9.59 Å². The highest BCUT2D eigenvalue weighted by atomic mass is 16.2. The van der Waals surface area contributed by atoms with Crippen LogP contribution in [0.25, 0.3) is 0 Å². The van der Waals surface area contributed by atoms with Crippen LogP contribution in [0.4, 0.5) is 5.69 Å². The van der Waals surface area contributed by atoms with Crippen molar-refractivity contribution in [3.05, 3.63) is 46.6 Å². The Hall–Kier alpha value is -3.10. The maximum absolute atomic E-state index is 12.9. The maximum Gasteiger partial charge on any atom is 0.346 e. The molecule has 3 aliphatic rings. The minimum Gasteiger partial charge on any atom is -0.368 e. The van der Waals surface area contributed by atoms with Crippen LogP contribution >= 0.6 is 0 Å². The average molecular weight is 453 g/mol. The first-order chi connectivity index (χ1) is 16.0. The number of aromatic nitrogens is 3. The third kappa shape index (κ3) is 4.54. The van der Waals surface area contributed by atoms with Gasteiger partial charge in [0.25, 0.3) is 0 Å². The van der Waals surface area contributed by atoms with Gasteiger partial charge in [0.1, 0.15) is 12.4 Å². The number of para-hydroxylation sites is 1. The summed E-state index contributed by atoms with van der Waals surface area (Å²) in [7, 11) is 1.73. The fourth-order valence-corrected chi connectivity index (χ4v) is 4.99. The fraction of sp³-hybridized carbons (Fsp3) is 0.583. The second-order valence-corrected chi connectivity index (χ2v) is 9.43. The van der Waals surface area contributed by atoms with Crippen LogP contribution in [0.3, 0.4) is 0 Å². The van der Waals surface area contributed by atoms with Gasteiger partial charge in [0.05, 0.1) is 0 Å². The van der Waals surface area contributed by atoms with Crippen molar-refractivity contribution in [3.63, 3.8) is 0 Å². The lowest BCUT2D eigenvalue weighted by atomic mass is 9.95. The average Bonchev–Trinajstić information content (AvgIpc) is 3.67. The smallest absolute Gasteiger partial charge is 0.346 e. The van der Waals surface area contributed by atoms with E-state index in [-0.39, 0.29) is 35.9 Å². The highest BCUT2D eigenvalue weighted by Gasteiger charge is 2.36. The van der Waals surface area contributed by atoms with Gasteiger partial charge in [-0.05, 0) is 37.8 Å². The fourth-order valence-electron chi connectivity index (χ4n) is 4.99. The molecule has 2 aliphatic heterocycles. The van der Waals surface area contributed by atoms with Crippen LogP contribution in [-0.4, -0.2) is 75.2 Å². The normalized spacial score (nSPS) is 19.7. The second kappa shape index (κ2) is 9.03. The minimum absolute atomic E-state index is 0.0307. The first-order valence-corrected chi connectivity index (χ1v) is 12.0. The molecule has 1 aliphatic carbocycles. The van der Waals surface area contributed by atoms with E-state index < -0.39 is 0 Å². The molecule has 0 atom stereocenters. The SMILES string of the molecule is Cn1c(C2CCN(C(=O)C3CC3)CC2)nn(CC(=O)N2CCN(c3ccccc3)CC2)c1=O. The zero-order valence-electron chi connectivity index (χ0n) is 19.2. The van der Waals surface area contributed by atoms with Gasteiger partial charge in [0, 0.05) is 63.8 Å². The molecule has 1 aromatic carbocycles. The van der Waals surface area contributed by atoms with Gasteiger partial charge in [-0.15, -0.1) is 0 Å². The van der Waals surface area contributed by atoms with E-state index >= 15 is 0 Å². The summed E-state index contributed by atoms with van der Waals surface area (Å²) in [4.78, 5) is 44.0. The molecule has 1 saturated carbocycles. The van der Waals surface area contributed by atoms with Gasteiger partial charge in [-0.2, -0.15) is 5.10 Å². The number of hydrogen-bond acceptors (Lipinski definition) is 5. The summed E-state index contributed by atoms with van der Waals surface area (Å²) in [6, 6.07) is 10.2. The van der Waals surface area contributed by atoms with Gasteiger partial charge < -0.3 is 14.7 Å². The Kier molecular flexibility index (Phi) is 5.95. The molecule has 3 fully saturated rings. The number of likely N-dealkylation sites (tertiary alicyclic amines) is 1. The summed E-state index contributed by atoms with van der Waals surface area (Å²) < 4.78 is 2.88. The third-order valence-electron chi connectivity index (χ3n) is 7.21. The number of benzene rings is 1. The van der Waals surface area contributed by atoms with Crippen molar-refractivity contribution >= 4 is 17.5 Å². The number of piperazine rings is 1. The van der Waals surface area contributed by atoms with Crippen molar-refractivity contribution in [2.24, 2.45) is 13.0 Å². The molecule has 176 valence electrons. The summed E-state index contributed by atoms with van der Waals surface area (Å²) in [5, 5.41) is 4.55. The second-order valence-electron chi connectivity index (χ2n) is 9.43. The van der Waals surface area contributed by atoms with Crippen LogP contribution in [0.2, 0.25) is 0 Å². The van der Waals surface area contributed by atoms with Gasteiger partial charge in [-0.25, -0.2) is 9.48 Å². The minimum atomic E-state index is -0.252. The molecule has 1 aromatic heterocycles. The first-order valence-electron chi connectivity index (χ1n) is 12.0. The van der Waals surface area contributed by atoms with Crippen molar-refractivity contribution in [1.29, 1.82) is 0 Å². The molecule has 33 heavy (non-hydrogen) atoms. The van der Waals surface area contributed by atoms with Gasteiger partial charge in [-0.3, -0.25) is 14.2 Å². The molecule has 0 N–H and O–H groups in total. The van der Waals surface area contributed by atoms with E-state index in [9.17, 15) is 14.4 Å². The monoisotopic (exact) mass is 452 g/mol. The summed E-state index contributed by atoms with van der Waals surface area (Å²) in [6.45, 7) is 4.21. The molecule has 0 unspecified atom stereocenters. The predicted octanol–water partition coefficient (Wildman–Crippen LogP) is 1.05. The van der Waals surface area contributed by atoms with Gasteiger partial charge in [0.15, 0.2) is 0 Å². The van der Waals surface area contributed by atoms with E-state index in [0.717, 1.165) is 44.6 Å².